The highest BCUT2D eigenvalue weighted by Crippen LogP contribution is 2.31. The molecule has 0 aliphatic carbocycles. The number of alkyl halides is 3. The molecule has 0 atom stereocenters. The zero-order chi connectivity index (χ0) is 14.6. The van der Waals surface area contributed by atoms with Crippen LogP contribution in [-0.2, 0) is 16.5 Å². The molecule has 0 radical (unpaired) electrons. The fourth-order valence-corrected chi connectivity index (χ4v) is 1.96. The van der Waals surface area contributed by atoms with E-state index in [-0.39, 0.29) is 16.5 Å². The molecule has 6 nitrogen and oxygen atoms in total. The van der Waals surface area contributed by atoms with Gasteiger partial charge >= 0.3 is 12.6 Å². The number of hydrogen-bond donors (Lipinski definition) is 1. The van der Waals surface area contributed by atoms with Crippen molar-refractivity contribution < 1.29 is 28.3 Å². The molecule has 0 unspecified atom stereocenters. The van der Waals surface area contributed by atoms with E-state index < -0.39 is 35.4 Å². The van der Waals surface area contributed by atoms with Crippen LogP contribution in [0.4, 0.5) is 14.5 Å². The Morgan fingerprint density at radius 2 is 2.16 bits per heavy atom. The van der Waals surface area contributed by atoms with Crippen LogP contribution in [0.3, 0.4) is 0 Å². The molecule has 104 valence electrons. The summed E-state index contributed by atoms with van der Waals surface area (Å²) in [6.45, 7) is -3.20. The molecule has 19 heavy (non-hydrogen) atoms. The Balaban J connectivity index is 3.37. The maximum Gasteiger partial charge on any atom is 0.387 e. The third kappa shape index (κ3) is 4.12. The van der Waals surface area contributed by atoms with E-state index in [1.165, 1.54) is 0 Å². The number of benzene rings is 1. The molecule has 0 heterocycles. The highest BCUT2D eigenvalue weighted by Gasteiger charge is 2.21. The van der Waals surface area contributed by atoms with Gasteiger partial charge in [-0.3, -0.25) is 14.9 Å². The minimum atomic E-state index is -3.20. The Bertz CT molecular complexity index is 509. The van der Waals surface area contributed by atoms with Gasteiger partial charge in [-0.1, -0.05) is 15.9 Å². The number of nitro groups is 1. The predicted octanol–water partition coefficient (Wildman–Crippen LogP) is 2.72. The van der Waals surface area contributed by atoms with Gasteiger partial charge < -0.3 is 9.84 Å². The first-order valence-corrected chi connectivity index (χ1v) is 6.00. The topological polar surface area (TPSA) is 89.7 Å². The first kappa shape index (κ1) is 15.3. The highest BCUT2D eigenvalue weighted by atomic mass is 79.9. The van der Waals surface area contributed by atoms with E-state index in [1.807, 2.05) is 0 Å². The maximum atomic E-state index is 12.3. The molecule has 1 rings (SSSR count). The van der Waals surface area contributed by atoms with E-state index in [1.54, 1.807) is 0 Å². The number of non-ortho nitro benzene ring substituents is 1. The van der Waals surface area contributed by atoms with Gasteiger partial charge in [-0.15, -0.1) is 0 Å². The van der Waals surface area contributed by atoms with E-state index in [9.17, 15) is 23.7 Å². The number of carboxylic acid groups (broad SMARTS) is 1. The highest BCUT2D eigenvalue weighted by molar-refractivity contribution is 9.08. The molecule has 1 aromatic rings. The number of carboxylic acids is 1. The second kappa shape index (κ2) is 6.41. The fraction of sp³-hybridized carbons (Fsp3) is 0.300. The third-order valence-electron chi connectivity index (χ3n) is 2.18. The van der Waals surface area contributed by atoms with Gasteiger partial charge in [0.2, 0.25) is 0 Å². The van der Waals surface area contributed by atoms with E-state index in [0.717, 1.165) is 12.1 Å². The van der Waals surface area contributed by atoms with Crippen molar-refractivity contribution >= 4 is 27.6 Å². The quantitative estimate of drug-likeness (QED) is 0.489. The van der Waals surface area contributed by atoms with Gasteiger partial charge in [-0.25, -0.2) is 0 Å². The van der Waals surface area contributed by atoms with E-state index >= 15 is 0 Å². The van der Waals surface area contributed by atoms with Gasteiger partial charge in [0, 0.05) is 17.0 Å². The molecule has 0 amide bonds. The summed E-state index contributed by atoms with van der Waals surface area (Å²) in [5.41, 5.74) is -0.248. The Labute approximate surface area is 114 Å². The van der Waals surface area contributed by atoms with Crippen LogP contribution >= 0.6 is 15.9 Å². The fourth-order valence-electron chi connectivity index (χ4n) is 1.46. The summed E-state index contributed by atoms with van der Waals surface area (Å²) in [6, 6.07) is 1.90. The molecule has 1 N–H and O–H groups in total. The Kier molecular flexibility index (Phi) is 5.16. The van der Waals surface area contributed by atoms with Crippen molar-refractivity contribution in [3.8, 4) is 5.75 Å². The van der Waals surface area contributed by atoms with Crippen LogP contribution in [0.2, 0.25) is 0 Å². The molecule has 0 bridgehead atoms. The van der Waals surface area contributed by atoms with Crippen molar-refractivity contribution in [3.63, 3.8) is 0 Å². The van der Waals surface area contributed by atoms with Crippen molar-refractivity contribution in [3.05, 3.63) is 33.4 Å². The summed E-state index contributed by atoms with van der Waals surface area (Å²) < 4.78 is 28.7. The SMILES string of the molecule is O=C(O)Cc1c(CBr)cc([N+](=O)[O-])cc1OC(F)F. The molecule has 0 aliphatic heterocycles. The number of halogens is 3. The molecule has 0 aromatic heterocycles. The van der Waals surface area contributed by atoms with E-state index in [2.05, 4.69) is 20.7 Å². The van der Waals surface area contributed by atoms with Crippen LogP contribution in [0.5, 0.6) is 5.75 Å². The van der Waals surface area contributed by atoms with Crippen LogP contribution in [0, 0.1) is 10.1 Å². The van der Waals surface area contributed by atoms with Crippen molar-refractivity contribution in [1.82, 2.24) is 0 Å². The standard InChI is InChI=1S/C10H8BrF2NO5/c11-4-5-1-6(14(17)18)2-8(19-10(12)13)7(5)3-9(15)16/h1-2,10H,3-4H2,(H,15,16). The minimum absolute atomic E-state index is 0.0183. The average molecular weight is 340 g/mol. The zero-order valence-corrected chi connectivity index (χ0v) is 10.9. The summed E-state index contributed by atoms with van der Waals surface area (Å²) in [5, 5.41) is 19.5. The van der Waals surface area contributed by atoms with Crippen LogP contribution in [-0.4, -0.2) is 22.6 Å². The molecule has 1 aromatic carbocycles. The number of carbonyl (C=O) groups is 1. The van der Waals surface area contributed by atoms with Crippen molar-refractivity contribution in [2.45, 2.75) is 18.4 Å². The second-order valence-electron chi connectivity index (χ2n) is 3.42. The lowest BCUT2D eigenvalue weighted by Crippen LogP contribution is -2.10. The van der Waals surface area contributed by atoms with Gasteiger partial charge in [0.25, 0.3) is 5.69 Å². The third-order valence-corrected chi connectivity index (χ3v) is 2.79. The Morgan fingerprint density at radius 3 is 2.58 bits per heavy atom. The van der Waals surface area contributed by atoms with Crippen LogP contribution in [0.1, 0.15) is 11.1 Å². The first-order chi connectivity index (χ1) is 8.85. The number of nitro benzene ring substituents is 1. The Hall–Kier alpha value is -1.77. The summed E-state index contributed by atoms with van der Waals surface area (Å²) in [4.78, 5) is 20.6. The molecule has 9 heteroatoms. The van der Waals surface area contributed by atoms with Gasteiger partial charge in [0.05, 0.1) is 17.4 Å². The first-order valence-electron chi connectivity index (χ1n) is 4.88. The molecule has 0 aliphatic rings. The number of aliphatic carboxylic acids is 1. The summed E-state index contributed by atoms with van der Waals surface area (Å²) in [7, 11) is 0. The van der Waals surface area contributed by atoms with Crippen LogP contribution in [0.25, 0.3) is 0 Å². The second-order valence-corrected chi connectivity index (χ2v) is 3.98. The number of ether oxygens (including phenoxy) is 1. The van der Waals surface area contributed by atoms with Crippen LogP contribution < -0.4 is 4.74 Å². The Morgan fingerprint density at radius 1 is 1.53 bits per heavy atom. The van der Waals surface area contributed by atoms with Crippen molar-refractivity contribution in [1.29, 1.82) is 0 Å². The molecular formula is C10H8BrF2NO5. The minimum Gasteiger partial charge on any atom is -0.481 e. The summed E-state index contributed by atoms with van der Waals surface area (Å²) >= 11 is 3.02. The summed E-state index contributed by atoms with van der Waals surface area (Å²) in [5.74, 6) is -1.75. The monoisotopic (exact) mass is 339 g/mol. The number of nitrogens with zero attached hydrogens (tertiary/aromatic N) is 1. The number of rotatable bonds is 6. The normalized spacial score (nSPS) is 10.5. The smallest absolute Gasteiger partial charge is 0.387 e. The largest absolute Gasteiger partial charge is 0.481 e. The molecule has 0 saturated carbocycles. The average Bonchev–Trinajstić information content (AvgIpc) is 2.29. The number of hydrogen-bond acceptors (Lipinski definition) is 4. The lowest BCUT2D eigenvalue weighted by Gasteiger charge is -2.12. The van der Waals surface area contributed by atoms with Gasteiger partial charge in [-0.05, 0) is 5.56 Å². The van der Waals surface area contributed by atoms with Gasteiger partial charge in [0.15, 0.2) is 0 Å². The van der Waals surface area contributed by atoms with Crippen molar-refractivity contribution in [2.75, 3.05) is 0 Å². The maximum absolute atomic E-state index is 12.3. The zero-order valence-electron chi connectivity index (χ0n) is 9.31. The molecular weight excluding hydrogens is 332 g/mol. The van der Waals surface area contributed by atoms with Crippen LogP contribution in [0.15, 0.2) is 12.1 Å². The van der Waals surface area contributed by atoms with E-state index in [4.69, 9.17) is 5.11 Å². The lowest BCUT2D eigenvalue weighted by atomic mass is 10.0. The molecule has 0 fully saturated rings. The molecule has 0 spiro atoms. The van der Waals surface area contributed by atoms with Crippen molar-refractivity contribution in [2.24, 2.45) is 0 Å². The van der Waals surface area contributed by atoms with Gasteiger partial charge in [-0.2, -0.15) is 8.78 Å². The van der Waals surface area contributed by atoms with Gasteiger partial charge in [0.1, 0.15) is 5.75 Å². The summed E-state index contributed by atoms with van der Waals surface area (Å²) in [6.07, 6.45) is -0.568. The molecule has 0 saturated heterocycles. The van der Waals surface area contributed by atoms with E-state index in [0.29, 0.717) is 0 Å². The lowest BCUT2D eigenvalue weighted by molar-refractivity contribution is -0.385. The predicted molar refractivity (Wildman–Crippen MR) is 63.7 cm³/mol.